The molecule has 5 heteroatoms. The first-order valence-electron chi connectivity index (χ1n) is 8.14. The van der Waals surface area contributed by atoms with Crippen LogP contribution in [0.4, 0.5) is 0 Å². The minimum atomic E-state index is 0.594. The zero-order valence-electron chi connectivity index (χ0n) is 13.2. The van der Waals surface area contributed by atoms with Crippen molar-refractivity contribution in [1.82, 2.24) is 20.4 Å². The van der Waals surface area contributed by atoms with E-state index < -0.39 is 0 Å². The van der Waals surface area contributed by atoms with E-state index in [4.69, 9.17) is 4.42 Å². The van der Waals surface area contributed by atoms with Gasteiger partial charge >= 0.3 is 0 Å². The number of aryl methyl sites for hydroxylation is 1. The first-order valence-corrected chi connectivity index (χ1v) is 8.14. The van der Waals surface area contributed by atoms with Gasteiger partial charge in [0, 0.05) is 18.7 Å². The van der Waals surface area contributed by atoms with Crippen molar-refractivity contribution in [3.8, 4) is 11.5 Å². The lowest BCUT2D eigenvalue weighted by Gasteiger charge is -2.26. The Bertz CT molecular complexity index is 590. The predicted octanol–water partition coefficient (Wildman–Crippen LogP) is 2.62. The van der Waals surface area contributed by atoms with E-state index in [1.54, 1.807) is 0 Å². The molecule has 1 aromatic heterocycles. The number of nitrogens with one attached hydrogen (secondary N) is 1. The fraction of sp³-hybridized carbons (Fsp3) is 0.529. The summed E-state index contributed by atoms with van der Waals surface area (Å²) in [6.45, 7) is 7.22. The molecule has 0 bridgehead atoms. The third-order valence-corrected chi connectivity index (χ3v) is 4.06. The minimum absolute atomic E-state index is 0.594. The summed E-state index contributed by atoms with van der Waals surface area (Å²) >= 11 is 0. The van der Waals surface area contributed by atoms with Crippen molar-refractivity contribution >= 4 is 0 Å². The van der Waals surface area contributed by atoms with Crippen LogP contribution in [0.2, 0.25) is 0 Å². The molecule has 0 spiro atoms. The number of piperidine rings is 1. The average Bonchev–Trinajstić information content (AvgIpc) is 3.02. The Kier molecular flexibility index (Phi) is 5.19. The Balaban J connectivity index is 1.45. The Labute approximate surface area is 131 Å². The van der Waals surface area contributed by atoms with E-state index in [0.29, 0.717) is 18.3 Å². The van der Waals surface area contributed by atoms with Crippen LogP contribution in [0, 0.1) is 6.92 Å². The summed E-state index contributed by atoms with van der Waals surface area (Å²) in [7, 11) is 0. The van der Waals surface area contributed by atoms with Crippen LogP contribution in [0.3, 0.4) is 0 Å². The number of benzene rings is 1. The number of hydrogen-bond acceptors (Lipinski definition) is 5. The van der Waals surface area contributed by atoms with Gasteiger partial charge in [0.25, 0.3) is 0 Å². The molecule has 118 valence electrons. The Morgan fingerprint density at radius 1 is 1.18 bits per heavy atom. The molecule has 0 aliphatic carbocycles. The molecule has 1 saturated heterocycles. The highest BCUT2D eigenvalue weighted by molar-refractivity contribution is 5.53. The van der Waals surface area contributed by atoms with Gasteiger partial charge in [0.1, 0.15) is 0 Å². The zero-order valence-corrected chi connectivity index (χ0v) is 13.2. The average molecular weight is 300 g/mol. The van der Waals surface area contributed by atoms with Crippen LogP contribution < -0.4 is 5.32 Å². The Morgan fingerprint density at radius 2 is 2.05 bits per heavy atom. The van der Waals surface area contributed by atoms with E-state index in [-0.39, 0.29) is 0 Å². The van der Waals surface area contributed by atoms with E-state index in [2.05, 4.69) is 39.5 Å². The molecule has 1 aliphatic heterocycles. The van der Waals surface area contributed by atoms with Gasteiger partial charge in [-0.15, -0.1) is 10.2 Å². The maximum atomic E-state index is 5.72. The molecule has 22 heavy (non-hydrogen) atoms. The third kappa shape index (κ3) is 4.15. The van der Waals surface area contributed by atoms with E-state index in [0.717, 1.165) is 18.7 Å². The highest BCUT2D eigenvalue weighted by Crippen LogP contribution is 2.18. The van der Waals surface area contributed by atoms with Gasteiger partial charge in [-0.2, -0.15) is 0 Å². The molecule has 1 fully saturated rings. The van der Waals surface area contributed by atoms with Gasteiger partial charge in [-0.25, -0.2) is 0 Å². The van der Waals surface area contributed by atoms with Gasteiger partial charge in [-0.05, 0) is 45.0 Å². The largest absolute Gasteiger partial charge is 0.419 e. The number of nitrogens with zero attached hydrogens (tertiary/aromatic N) is 3. The lowest BCUT2D eigenvalue weighted by atomic mass is 10.1. The molecule has 5 nitrogen and oxygen atoms in total. The van der Waals surface area contributed by atoms with E-state index in [1.807, 2.05) is 12.1 Å². The van der Waals surface area contributed by atoms with Crippen LogP contribution in [-0.2, 0) is 6.54 Å². The van der Waals surface area contributed by atoms with E-state index in [1.165, 1.54) is 37.9 Å². The number of aromatic nitrogens is 2. The van der Waals surface area contributed by atoms with Crippen molar-refractivity contribution < 1.29 is 4.42 Å². The van der Waals surface area contributed by atoms with Gasteiger partial charge in [0.15, 0.2) is 0 Å². The van der Waals surface area contributed by atoms with Gasteiger partial charge in [0.05, 0.1) is 6.54 Å². The van der Waals surface area contributed by atoms with Gasteiger partial charge in [-0.3, -0.25) is 0 Å². The quantitative estimate of drug-likeness (QED) is 0.831. The van der Waals surface area contributed by atoms with Crippen LogP contribution in [0.15, 0.2) is 28.7 Å². The Hall–Kier alpha value is -1.72. The monoisotopic (exact) mass is 300 g/mol. The zero-order chi connectivity index (χ0) is 15.2. The van der Waals surface area contributed by atoms with Crippen LogP contribution in [-0.4, -0.2) is 41.3 Å². The number of hydrogen-bond donors (Lipinski definition) is 1. The molecule has 1 aromatic carbocycles. The predicted molar refractivity (Wildman–Crippen MR) is 86.5 cm³/mol. The molecule has 2 aromatic rings. The van der Waals surface area contributed by atoms with Crippen molar-refractivity contribution in [3.05, 3.63) is 35.7 Å². The molecule has 2 heterocycles. The summed E-state index contributed by atoms with van der Waals surface area (Å²) < 4.78 is 5.72. The van der Waals surface area contributed by atoms with Crippen LogP contribution in [0.1, 0.15) is 30.7 Å². The first-order chi connectivity index (χ1) is 10.8. The highest BCUT2D eigenvalue weighted by Gasteiger charge is 2.10. The lowest BCUT2D eigenvalue weighted by Crippen LogP contribution is -2.35. The van der Waals surface area contributed by atoms with Crippen molar-refractivity contribution in [1.29, 1.82) is 0 Å². The lowest BCUT2D eigenvalue weighted by molar-refractivity contribution is 0.228. The van der Waals surface area contributed by atoms with E-state index >= 15 is 0 Å². The minimum Gasteiger partial charge on any atom is -0.419 e. The van der Waals surface area contributed by atoms with Gasteiger partial charge in [0.2, 0.25) is 11.8 Å². The van der Waals surface area contributed by atoms with Crippen LogP contribution in [0.5, 0.6) is 0 Å². The summed E-state index contributed by atoms with van der Waals surface area (Å²) in [6.07, 6.45) is 4.06. The maximum absolute atomic E-state index is 5.72. The molecule has 3 rings (SSSR count). The molecule has 0 amide bonds. The smallest absolute Gasteiger partial charge is 0.247 e. The molecule has 0 saturated carbocycles. The number of rotatable bonds is 6. The SMILES string of the molecule is Cc1cccc(-c2nnc(CNCCN3CCCCC3)o2)c1. The second-order valence-electron chi connectivity index (χ2n) is 5.95. The fourth-order valence-electron chi connectivity index (χ4n) is 2.84. The molecule has 1 N–H and O–H groups in total. The second kappa shape index (κ2) is 7.51. The van der Waals surface area contributed by atoms with E-state index in [9.17, 15) is 0 Å². The topological polar surface area (TPSA) is 54.2 Å². The van der Waals surface area contributed by atoms with Gasteiger partial charge < -0.3 is 14.6 Å². The van der Waals surface area contributed by atoms with Crippen LogP contribution in [0.25, 0.3) is 11.5 Å². The molecule has 0 radical (unpaired) electrons. The van der Waals surface area contributed by atoms with Crippen molar-refractivity contribution in [2.75, 3.05) is 26.2 Å². The molecular formula is C17H24N4O. The maximum Gasteiger partial charge on any atom is 0.247 e. The summed E-state index contributed by atoms with van der Waals surface area (Å²) in [6, 6.07) is 8.11. The van der Waals surface area contributed by atoms with Crippen molar-refractivity contribution in [2.24, 2.45) is 0 Å². The normalized spacial score (nSPS) is 16.0. The number of likely N-dealkylation sites (tertiary alicyclic amines) is 1. The van der Waals surface area contributed by atoms with Gasteiger partial charge in [-0.1, -0.05) is 24.1 Å². The summed E-state index contributed by atoms with van der Waals surface area (Å²) in [5.74, 6) is 1.24. The standard InChI is InChI=1S/C17H24N4O/c1-14-6-5-7-15(12-14)17-20-19-16(22-17)13-18-8-11-21-9-3-2-4-10-21/h5-7,12,18H,2-4,8-11,13H2,1H3. The van der Waals surface area contributed by atoms with Crippen molar-refractivity contribution in [3.63, 3.8) is 0 Å². The molecular weight excluding hydrogens is 276 g/mol. The summed E-state index contributed by atoms with van der Waals surface area (Å²) in [4.78, 5) is 2.52. The summed E-state index contributed by atoms with van der Waals surface area (Å²) in [5, 5.41) is 11.6. The molecule has 0 unspecified atom stereocenters. The third-order valence-electron chi connectivity index (χ3n) is 4.06. The summed E-state index contributed by atoms with van der Waals surface area (Å²) in [5.41, 5.74) is 2.17. The van der Waals surface area contributed by atoms with Crippen molar-refractivity contribution in [2.45, 2.75) is 32.7 Å². The highest BCUT2D eigenvalue weighted by atomic mass is 16.4. The fourth-order valence-corrected chi connectivity index (χ4v) is 2.84. The van der Waals surface area contributed by atoms with Crippen LogP contribution >= 0.6 is 0 Å². The molecule has 1 aliphatic rings. The second-order valence-corrected chi connectivity index (χ2v) is 5.95. The first kappa shape index (κ1) is 15.2. The molecule has 0 atom stereocenters. The Morgan fingerprint density at radius 3 is 2.86 bits per heavy atom.